The molecule has 0 spiro atoms. The molecule has 0 saturated heterocycles. The fourth-order valence-corrected chi connectivity index (χ4v) is 3.56. The second-order valence-electron chi connectivity index (χ2n) is 6.29. The third-order valence-corrected chi connectivity index (χ3v) is 4.38. The van der Waals surface area contributed by atoms with Gasteiger partial charge in [0.15, 0.2) is 0 Å². The number of benzene rings is 1. The van der Waals surface area contributed by atoms with Crippen molar-refractivity contribution in [2.75, 3.05) is 13.7 Å². The summed E-state index contributed by atoms with van der Waals surface area (Å²) in [7, 11) is 1.69. The van der Waals surface area contributed by atoms with Gasteiger partial charge >= 0.3 is 0 Å². The molecule has 1 fully saturated rings. The average Bonchev–Trinajstić information content (AvgIpc) is 2.81. The summed E-state index contributed by atoms with van der Waals surface area (Å²) in [5.74, 6) is 3.36. The molecule has 2 heteroatoms. The maximum atomic E-state index is 9.63. The lowest BCUT2D eigenvalue weighted by Crippen LogP contribution is -2.10. The smallest absolute Gasteiger partial charge is 0.118 e. The Hall–Kier alpha value is -1.02. The van der Waals surface area contributed by atoms with Crippen molar-refractivity contribution in [2.45, 2.75) is 39.0 Å². The Bertz CT molecular complexity index is 383. The van der Waals surface area contributed by atoms with Crippen LogP contribution >= 0.6 is 0 Å². The third kappa shape index (κ3) is 3.50. The lowest BCUT2D eigenvalue weighted by molar-refractivity contribution is 0.213. The van der Waals surface area contributed by atoms with Crippen molar-refractivity contribution in [3.63, 3.8) is 0 Å². The van der Waals surface area contributed by atoms with E-state index in [2.05, 4.69) is 26.0 Å². The molecule has 1 aromatic rings. The van der Waals surface area contributed by atoms with Gasteiger partial charge in [0.05, 0.1) is 7.11 Å². The van der Waals surface area contributed by atoms with Crippen LogP contribution < -0.4 is 4.74 Å². The van der Waals surface area contributed by atoms with Crippen molar-refractivity contribution in [3.05, 3.63) is 29.8 Å². The monoisotopic (exact) mass is 262 g/mol. The first kappa shape index (κ1) is 14.4. The van der Waals surface area contributed by atoms with E-state index < -0.39 is 0 Å². The summed E-state index contributed by atoms with van der Waals surface area (Å²) in [5, 5.41) is 9.63. The van der Waals surface area contributed by atoms with Gasteiger partial charge in [0.2, 0.25) is 0 Å². The SMILES string of the molecule is COc1ccc([C@@H]2C[C@H](CC(C)C)C[C@H]2CO)cc1. The van der Waals surface area contributed by atoms with E-state index in [0.29, 0.717) is 18.4 Å². The summed E-state index contributed by atoms with van der Waals surface area (Å²) >= 11 is 0. The summed E-state index contributed by atoms with van der Waals surface area (Å²) < 4.78 is 5.21. The minimum Gasteiger partial charge on any atom is -0.497 e. The molecule has 106 valence electrons. The minimum atomic E-state index is 0.311. The van der Waals surface area contributed by atoms with E-state index in [1.165, 1.54) is 24.8 Å². The second-order valence-corrected chi connectivity index (χ2v) is 6.29. The Kier molecular flexibility index (Phi) is 4.87. The normalized spacial score (nSPS) is 26.9. The number of hydrogen-bond acceptors (Lipinski definition) is 2. The lowest BCUT2D eigenvalue weighted by atomic mass is 9.89. The molecule has 3 atom stereocenters. The first-order chi connectivity index (χ1) is 9.13. The molecule has 0 aromatic heterocycles. The molecular weight excluding hydrogens is 236 g/mol. The maximum Gasteiger partial charge on any atom is 0.118 e. The molecule has 1 aliphatic rings. The summed E-state index contributed by atoms with van der Waals surface area (Å²) in [6.45, 7) is 4.88. The number of ether oxygens (including phenoxy) is 1. The Morgan fingerprint density at radius 1 is 1.21 bits per heavy atom. The first-order valence-corrected chi connectivity index (χ1v) is 7.38. The predicted octanol–water partition coefficient (Wildman–Crippen LogP) is 3.84. The van der Waals surface area contributed by atoms with Gasteiger partial charge in [-0.1, -0.05) is 26.0 Å². The van der Waals surface area contributed by atoms with Crippen LogP contribution in [-0.2, 0) is 0 Å². The van der Waals surface area contributed by atoms with Crippen molar-refractivity contribution in [2.24, 2.45) is 17.8 Å². The highest BCUT2D eigenvalue weighted by molar-refractivity contribution is 5.30. The highest BCUT2D eigenvalue weighted by Crippen LogP contribution is 2.45. The van der Waals surface area contributed by atoms with Crippen LogP contribution in [0, 0.1) is 17.8 Å². The van der Waals surface area contributed by atoms with Crippen LogP contribution in [0.25, 0.3) is 0 Å². The molecule has 1 N–H and O–H groups in total. The summed E-state index contributed by atoms with van der Waals surface area (Å²) in [6, 6.07) is 8.37. The van der Waals surface area contributed by atoms with Gasteiger partial charge in [0, 0.05) is 6.61 Å². The lowest BCUT2D eigenvalue weighted by Gasteiger charge is -2.17. The van der Waals surface area contributed by atoms with Crippen LogP contribution in [-0.4, -0.2) is 18.8 Å². The van der Waals surface area contributed by atoms with Crippen LogP contribution in [0.4, 0.5) is 0 Å². The van der Waals surface area contributed by atoms with Crippen molar-refractivity contribution >= 4 is 0 Å². The summed E-state index contributed by atoms with van der Waals surface area (Å²) in [5.41, 5.74) is 1.35. The van der Waals surface area contributed by atoms with E-state index >= 15 is 0 Å². The van der Waals surface area contributed by atoms with Gasteiger partial charge in [-0.25, -0.2) is 0 Å². The van der Waals surface area contributed by atoms with E-state index in [0.717, 1.165) is 17.6 Å². The van der Waals surface area contributed by atoms with Crippen LogP contribution in [0.3, 0.4) is 0 Å². The van der Waals surface area contributed by atoms with Crippen molar-refractivity contribution in [3.8, 4) is 5.75 Å². The molecule has 2 rings (SSSR count). The van der Waals surface area contributed by atoms with E-state index in [9.17, 15) is 5.11 Å². The third-order valence-electron chi connectivity index (χ3n) is 4.38. The predicted molar refractivity (Wildman–Crippen MR) is 78.5 cm³/mol. The van der Waals surface area contributed by atoms with Gasteiger partial charge in [0.1, 0.15) is 5.75 Å². The van der Waals surface area contributed by atoms with Gasteiger partial charge in [-0.2, -0.15) is 0 Å². The zero-order chi connectivity index (χ0) is 13.8. The first-order valence-electron chi connectivity index (χ1n) is 7.38. The Labute approximate surface area is 116 Å². The molecule has 0 bridgehead atoms. The van der Waals surface area contributed by atoms with E-state index in [1.54, 1.807) is 7.11 Å². The Morgan fingerprint density at radius 2 is 1.89 bits per heavy atom. The van der Waals surface area contributed by atoms with Gasteiger partial charge < -0.3 is 9.84 Å². The fourth-order valence-electron chi connectivity index (χ4n) is 3.56. The van der Waals surface area contributed by atoms with Crippen LogP contribution in [0.15, 0.2) is 24.3 Å². The summed E-state index contributed by atoms with van der Waals surface area (Å²) in [6.07, 6.45) is 3.67. The zero-order valence-electron chi connectivity index (χ0n) is 12.3. The molecule has 0 radical (unpaired) electrons. The number of aliphatic hydroxyl groups is 1. The quantitative estimate of drug-likeness (QED) is 0.873. The molecular formula is C17H26O2. The standard InChI is InChI=1S/C17H26O2/c1-12(2)8-13-9-15(11-18)17(10-13)14-4-6-16(19-3)7-5-14/h4-7,12-13,15,17-18H,8-11H2,1-3H3/t13-,15+,17+/m1/s1. The maximum absolute atomic E-state index is 9.63. The molecule has 0 aliphatic heterocycles. The fraction of sp³-hybridized carbons (Fsp3) is 0.647. The van der Waals surface area contributed by atoms with E-state index in [4.69, 9.17) is 4.74 Å². The topological polar surface area (TPSA) is 29.5 Å². The molecule has 0 amide bonds. The Balaban J connectivity index is 2.08. The van der Waals surface area contributed by atoms with Crippen LogP contribution in [0.2, 0.25) is 0 Å². The van der Waals surface area contributed by atoms with E-state index in [-0.39, 0.29) is 0 Å². The van der Waals surface area contributed by atoms with E-state index in [1.807, 2.05) is 12.1 Å². The molecule has 1 aliphatic carbocycles. The van der Waals surface area contributed by atoms with Crippen molar-refractivity contribution < 1.29 is 9.84 Å². The average molecular weight is 262 g/mol. The van der Waals surface area contributed by atoms with Crippen molar-refractivity contribution in [1.82, 2.24) is 0 Å². The summed E-state index contributed by atoms with van der Waals surface area (Å²) in [4.78, 5) is 0. The minimum absolute atomic E-state index is 0.311. The van der Waals surface area contributed by atoms with Crippen molar-refractivity contribution in [1.29, 1.82) is 0 Å². The van der Waals surface area contributed by atoms with Gasteiger partial charge in [0.25, 0.3) is 0 Å². The van der Waals surface area contributed by atoms with Crippen LogP contribution in [0.5, 0.6) is 5.75 Å². The molecule has 0 unspecified atom stereocenters. The van der Waals surface area contributed by atoms with Gasteiger partial charge in [-0.3, -0.25) is 0 Å². The van der Waals surface area contributed by atoms with Gasteiger partial charge in [-0.15, -0.1) is 0 Å². The molecule has 2 nitrogen and oxygen atoms in total. The highest BCUT2D eigenvalue weighted by atomic mass is 16.5. The number of hydrogen-bond donors (Lipinski definition) is 1. The zero-order valence-corrected chi connectivity index (χ0v) is 12.3. The molecule has 1 saturated carbocycles. The largest absolute Gasteiger partial charge is 0.497 e. The molecule has 0 heterocycles. The van der Waals surface area contributed by atoms with Crippen LogP contribution in [0.1, 0.15) is 44.6 Å². The number of rotatable bonds is 5. The Morgan fingerprint density at radius 3 is 2.42 bits per heavy atom. The number of aliphatic hydroxyl groups excluding tert-OH is 1. The molecule has 19 heavy (non-hydrogen) atoms. The number of methoxy groups -OCH3 is 1. The van der Waals surface area contributed by atoms with Gasteiger partial charge in [-0.05, 0) is 60.6 Å². The highest BCUT2D eigenvalue weighted by Gasteiger charge is 2.34. The second kappa shape index (κ2) is 6.42. The molecule has 1 aromatic carbocycles.